The van der Waals surface area contributed by atoms with Crippen LogP contribution in [0.15, 0.2) is 0 Å². The van der Waals surface area contributed by atoms with Gasteiger partial charge in [-0.15, -0.1) is 0 Å². The van der Waals surface area contributed by atoms with Gasteiger partial charge in [-0.3, -0.25) is 0 Å². The molecule has 0 saturated carbocycles. The smallest absolute Gasteiger partial charge is 0.187 e. The quantitative estimate of drug-likeness (QED) is 0.226. The molecule has 22 heavy (non-hydrogen) atoms. The molecular weight excluding hydrogens is 304 g/mol. The van der Waals surface area contributed by atoms with Gasteiger partial charge >= 0.3 is 0 Å². The zero-order valence-corrected chi connectivity index (χ0v) is 12.0. The van der Waals surface area contributed by atoms with Crippen LogP contribution in [-0.2, 0) is 9.47 Å². The van der Waals surface area contributed by atoms with Gasteiger partial charge in [0.15, 0.2) is 6.29 Å². The first-order valence-corrected chi connectivity index (χ1v) is 6.85. The molecule has 132 valence electrons. The molecule has 1 aliphatic heterocycles. The third-order valence-electron chi connectivity index (χ3n) is 3.53. The number of rotatable bonds is 7. The van der Waals surface area contributed by atoms with Gasteiger partial charge in [0.1, 0.15) is 42.7 Å². The van der Waals surface area contributed by atoms with Crippen LogP contribution in [0.3, 0.4) is 0 Å². The lowest BCUT2D eigenvalue weighted by Crippen LogP contribution is -2.61. The van der Waals surface area contributed by atoms with Crippen molar-refractivity contribution in [2.24, 2.45) is 0 Å². The molecule has 0 aromatic rings. The lowest BCUT2D eigenvalue weighted by Gasteiger charge is -2.42. The van der Waals surface area contributed by atoms with E-state index in [1.807, 2.05) is 0 Å². The summed E-state index contributed by atoms with van der Waals surface area (Å²) in [6.45, 7) is -0.212. The molecule has 10 nitrogen and oxygen atoms in total. The summed E-state index contributed by atoms with van der Waals surface area (Å²) in [5.74, 6) is 0. The fourth-order valence-corrected chi connectivity index (χ4v) is 2.14. The summed E-state index contributed by atoms with van der Waals surface area (Å²) >= 11 is 0. The highest BCUT2D eigenvalue weighted by Gasteiger charge is 2.46. The van der Waals surface area contributed by atoms with Gasteiger partial charge in [0.05, 0.1) is 19.3 Å². The number of hydrogen-bond donors (Lipinski definition) is 8. The molecule has 1 aliphatic rings. The Morgan fingerprint density at radius 2 is 1.59 bits per heavy atom. The zero-order valence-electron chi connectivity index (χ0n) is 12.0. The molecule has 8 N–H and O–H groups in total. The fourth-order valence-electron chi connectivity index (χ4n) is 2.14. The molecular formula is C12H24O10. The van der Waals surface area contributed by atoms with Crippen molar-refractivity contribution in [2.45, 2.75) is 62.0 Å². The largest absolute Gasteiger partial charge is 0.394 e. The van der Waals surface area contributed by atoms with Crippen molar-refractivity contribution in [1.82, 2.24) is 0 Å². The molecule has 0 bridgehead atoms. The van der Waals surface area contributed by atoms with Gasteiger partial charge in [-0.2, -0.15) is 0 Å². The molecule has 1 fully saturated rings. The molecule has 9 atom stereocenters. The maximum atomic E-state index is 9.81. The van der Waals surface area contributed by atoms with Gasteiger partial charge in [0.25, 0.3) is 0 Å². The molecule has 1 rings (SSSR count). The van der Waals surface area contributed by atoms with E-state index in [0.29, 0.717) is 0 Å². The van der Waals surface area contributed by atoms with E-state index in [-0.39, 0.29) is 0 Å². The van der Waals surface area contributed by atoms with Crippen molar-refractivity contribution in [3.05, 3.63) is 0 Å². The van der Waals surface area contributed by atoms with Gasteiger partial charge in [-0.05, 0) is 6.92 Å². The van der Waals surface area contributed by atoms with Gasteiger partial charge in [0.2, 0.25) is 0 Å². The Morgan fingerprint density at radius 3 is 2.05 bits per heavy atom. The molecule has 1 saturated heterocycles. The number of ether oxygens (including phenoxy) is 2. The highest BCUT2D eigenvalue weighted by Crippen LogP contribution is 2.24. The van der Waals surface area contributed by atoms with Crippen LogP contribution in [0.5, 0.6) is 0 Å². The molecule has 0 aliphatic carbocycles. The van der Waals surface area contributed by atoms with E-state index in [2.05, 4.69) is 0 Å². The summed E-state index contributed by atoms with van der Waals surface area (Å²) in [6, 6.07) is 0. The van der Waals surface area contributed by atoms with Crippen molar-refractivity contribution in [2.75, 3.05) is 13.2 Å². The Balaban J connectivity index is 2.83. The first-order valence-electron chi connectivity index (χ1n) is 6.85. The average Bonchev–Trinajstić information content (AvgIpc) is 2.50. The second kappa shape index (κ2) is 8.45. The average molecular weight is 328 g/mol. The molecule has 0 aromatic heterocycles. The maximum absolute atomic E-state index is 9.81. The third kappa shape index (κ3) is 4.32. The summed E-state index contributed by atoms with van der Waals surface area (Å²) < 4.78 is 10.3. The second-order valence-electron chi connectivity index (χ2n) is 5.28. The minimum Gasteiger partial charge on any atom is -0.394 e. The summed E-state index contributed by atoms with van der Waals surface area (Å²) in [4.78, 5) is 0. The highest BCUT2D eigenvalue weighted by atomic mass is 16.7. The van der Waals surface area contributed by atoms with E-state index in [0.717, 1.165) is 0 Å². The van der Waals surface area contributed by atoms with Gasteiger partial charge < -0.3 is 50.3 Å². The molecule has 10 heteroatoms. The number of hydrogen-bond acceptors (Lipinski definition) is 10. The second-order valence-corrected chi connectivity index (χ2v) is 5.28. The van der Waals surface area contributed by atoms with E-state index in [9.17, 15) is 30.6 Å². The van der Waals surface area contributed by atoms with E-state index >= 15 is 0 Å². The van der Waals surface area contributed by atoms with Crippen LogP contribution in [-0.4, -0.2) is 109 Å². The van der Waals surface area contributed by atoms with E-state index in [1.54, 1.807) is 0 Å². The van der Waals surface area contributed by atoms with Crippen LogP contribution in [0.4, 0.5) is 0 Å². The molecule has 0 amide bonds. The predicted molar refractivity (Wildman–Crippen MR) is 69.4 cm³/mol. The summed E-state index contributed by atoms with van der Waals surface area (Å²) in [6.07, 6.45) is -13.8. The van der Waals surface area contributed by atoms with E-state index in [1.165, 1.54) is 6.92 Å². The Bertz CT molecular complexity index is 325. The summed E-state index contributed by atoms with van der Waals surface area (Å²) in [7, 11) is 0. The van der Waals surface area contributed by atoms with E-state index < -0.39 is 68.3 Å². The minimum absolute atomic E-state index is 0.661. The van der Waals surface area contributed by atoms with Gasteiger partial charge in [0, 0.05) is 0 Å². The highest BCUT2D eigenvalue weighted by molar-refractivity contribution is 4.90. The van der Waals surface area contributed by atoms with E-state index in [4.69, 9.17) is 19.7 Å². The summed E-state index contributed by atoms with van der Waals surface area (Å²) in [5.41, 5.74) is 0. The lowest BCUT2D eigenvalue weighted by molar-refractivity contribution is -0.325. The molecule has 0 radical (unpaired) electrons. The third-order valence-corrected chi connectivity index (χ3v) is 3.53. The molecule has 0 unspecified atom stereocenters. The first kappa shape index (κ1) is 19.6. The van der Waals surface area contributed by atoms with Crippen LogP contribution in [0.25, 0.3) is 0 Å². The van der Waals surface area contributed by atoms with Gasteiger partial charge in [-0.25, -0.2) is 0 Å². The standard InChI is InChI=1S/C12H24O10/c1-4(15)11(7(17)5(16)2-13)22-12-10(20)9(19)8(18)6(3-14)21-12/h4-20H,2-3H2,1H3/t4-,5-,6+,7-,8-,9-,10+,11-,12-/m0/s1. The van der Waals surface area contributed by atoms with Crippen LogP contribution in [0.2, 0.25) is 0 Å². The Kier molecular flexibility index (Phi) is 7.55. The lowest BCUT2D eigenvalue weighted by atomic mass is 9.98. The van der Waals surface area contributed by atoms with Crippen molar-refractivity contribution in [3.63, 3.8) is 0 Å². The zero-order chi connectivity index (χ0) is 17.0. The van der Waals surface area contributed by atoms with Gasteiger partial charge in [-0.1, -0.05) is 0 Å². The van der Waals surface area contributed by atoms with Crippen LogP contribution >= 0.6 is 0 Å². The Hall–Kier alpha value is -0.400. The molecule has 0 spiro atoms. The topological polar surface area (TPSA) is 180 Å². The normalized spacial score (nSPS) is 38.3. The summed E-state index contributed by atoms with van der Waals surface area (Å²) in [5, 5.41) is 75.8. The Morgan fingerprint density at radius 1 is 1.00 bits per heavy atom. The number of aliphatic hydroxyl groups excluding tert-OH is 8. The Labute approximate surface area is 126 Å². The first-order chi connectivity index (χ1) is 10.2. The van der Waals surface area contributed by atoms with Crippen molar-refractivity contribution >= 4 is 0 Å². The van der Waals surface area contributed by atoms with Crippen LogP contribution < -0.4 is 0 Å². The predicted octanol–water partition coefficient (Wildman–Crippen LogP) is -4.73. The minimum atomic E-state index is -1.71. The fraction of sp³-hybridized carbons (Fsp3) is 1.00. The van der Waals surface area contributed by atoms with Crippen molar-refractivity contribution < 1.29 is 50.3 Å². The van der Waals surface area contributed by atoms with Crippen molar-refractivity contribution in [3.8, 4) is 0 Å². The number of aliphatic hydroxyl groups is 8. The van der Waals surface area contributed by atoms with Crippen LogP contribution in [0.1, 0.15) is 6.92 Å². The maximum Gasteiger partial charge on any atom is 0.187 e. The monoisotopic (exact) mass is 328 g/mol. The van der Waals surface area contributed by atoms with Crippen LogP contribution in [0, 0.1) is 0 Å². The van der Waals surface area contributed by atoms with Crippen molar-refractivity contribution in [1.29, 1.82) is 0 Å². The molecule has 0 aromatic carbocycles. The SMILES string of the molecule is C[C@H](O)[C@H](O[C@@H]1O[C@H](CO)[C@H](O)[C@H](O)[C@H]1O)[C@@H](O)[C@@H](O)CO. The molecule has 1 heterocycles.